The molecule has 0 aromatic heterocycles. The van der Waals surface area contributed by atoms with Crippen LogP contribution < -0.4 is 0 Å². The highest BCUT2D eigenvalue weighted by atomic mass is 16.5. The molecule has 2 fully saturated rings. The molecule has 0 heterocycles. The van der Waals surface area contributed by atoms with Gasteiger partial charge in [0.15, 0.2) is 0 Å². The van der Waals surface area contributed by atoms with Crippen LogP contribution in [0.4, 0.5) is 0 Å². The number of allylic oxidation sites excluding steroid dienone is 3. The van der Waals surface area contributed by atoms with Gasteiger partial charge in [0.05, 0.1) is 11.9 Å². The summed E-state index contributed by atoms with van der Waals surface area (Å²) in [6, 6.07) is 0. The van der Waals surface area contributed by atoms with Gasteiger partial charge in [-0.2, -0.15) is 0 Å². The van der Waals surface area contributed by atoms with Crippen LogP contribution in [0, 0.1) is 23.2 Å². The molecule has 3 atom stereocenters. The maximum atomic E-state index is 11.7. The molecule has 3 heteroatoms. The van der Waals surface area contributed by atoms with Gasteiger partial charge < -0.3 is 9.47 Å². The lowest BCUT2D eigenvalue weighted by molar-refractivity contribution is -0.137. The standard InChI is InChI=1S/C24H38O3/c1-16(2)11-12-21(27-20-9-7-6-8-10-20)17(3)23-22(26-18(4)25)15-19-13-14-24(19,23)5/h12,16-17,19-20H,6-11,13-15H2,1-5H3/b21-12-/t17-,19+,24-/m0/s1. The molecule has 27 heavy (non-hydrogen) atoms. The van der Waals surface area contributed by atoms with E-state index in [4.69, 9.17) is 9.47 Å². The third-order valence-corrected chi connectivity index (χ3v) is 7.03. The predicted octanol–water partition coefficient (Wildman–Crippen LogP) is 6.54. The van der Waals surface area contributed by atoms with E-state index in [-0.39, 0.29) is 17.3 Å². The molecule has 0 saturated heterocycles. The first-order chi connectivity index (χ1) is 12.8. The van der Waals surface area contributed by atoms with E-state index in [9.17, 15) is 4.79 Å². The summed E-state index contributed by atoms with van der Waals surface area (Å²) >= 11 is 0. The highest BCUT2D eigenvalue weighted by Crippen LogP contribution is 2.62. The monoisotopic (exact) mass is 374 g/mol. The number of hydrogen-bond donors (Lipinski definition) is 0. The number of rotatable bonds is 7. The van der Waals surface area contributed by atoms with Crippen LogP contribution in [0.15, 0.2) is 23.2 Å². The van der Waals surface area contributed by atoms with E-state index in [0.29, 0.717) is 17.9 Å². The van der Waals surface area contributed by atoms with Gasteiger partial charge in [-0.05, 0) is 73.8 Å². The van der Waals surface area contributed by atoms with E-state index < -0.39 is 0 Å². The maximum absolute atomic E-state index is 11.7. The van der Waals surface area contributed by atoms with E-state index in [1.165, 1.54) is 57.4 Å². The fourth-order valence-corrected chi connectivity index (χ4v) is 5.32. The van der Waals surface area contributed by atoms with E-state index in [0.717, 1.165) is 24.4 Å². The van der Waals surface area contributed by atoms with Gasteiger partial charge in [-0.3, -0.25) is 4.79 Å². The van der Waals surface area contributed by atoms with Gasteiger partial charge in [0.1, 0.15) is 5.76 Å². The Bertz CT molecular complexity index is 609. The van der Waals surface area contributed by atoms with E-state index in [1.807, 2.05) is 0 Å². The molecule has 3 aliphatic rings. The van der Waals surface area contributed by atoms with Crippen LogP contribution in [-0.4, -0.2) is 12.1 Å². The molecule has 2 saturated carbocycles. The zero-order valence-electron chi connectivity index (χ0n) is 18.0. The molecule has 0 unspecified atom stereocenters. The maximum Gasteiger partial charge on any atom is 0.307 e. The lowest BCUT2D eigenvalue weighted by Gasteiger charge is -2.46. The summed E-state index contributed by atoms with van der Waals surface area (Å²) in [6.45, 7) is 10.7. The van der Waals surface area contributed by atoms with E-state index >= 15 is 0 Å². The Hall–Kier alpha value is -1.25. The van der Waals surface area contributed by atoms with Crippen molar-refractivity contribution in [3.05, 3.63) is 23.2 Å². The SMILES string of the molecule is CC(=O)OC1=C([C@@H](C)/C(=C/CC(C)C)OC2CCCCC2)[C@@]2(C)CC[C@@H]2C1. The Morgan fingerprint density at radius 3 is 2.44 bits per heavy atom. The van der Waals surface area contributed by atoms with Crippen LogP contribution in [-0.2, 0) is 14.3 Å². The lowest BCUT2D eigenvalue weighted by Crippen LogP contribution is -2.37. The fourth-order valence-electron chi connectivity index (χ4n) is 5.32. The van der Waals surface area contributed by atoms with Gasteiger partial charge in [0.2, 0.25) is 0 Å². The summed E-state index contributed by atoms with van der Waals surface area (Å²) < 4.78 is 12.3. The normalized spacial score (nSPS) is 30.1. The van der Waals surface area contributed by atoms with Crippen LogP contribution in [0.2, 0.25) is 0 Å². The van der Waals surface area contributed by atoms with Crippen LogP contribution in [0.5, 0.6) is 0 Å². The summed E-state index contributed by atoms with van der Waals surface area (Å²) in [5, 5.41) is 0. The van der Waals surface area contributed by atoms with E-state index in [1.54, 1.807) is 0 Å². The van der Waals surface area contributed by atoms with Gasteiger partial charge in [0, 0.05) is 19.3 Å². The number of fused-ring (bicyclic) bond motifs is 1. The third-order valence-electron chi connectivity index (χ3n) is 7.03. The first-order valence-electron chi connectivity index (χ1n) is 11.1. The van der Waals surface area contributed by atoms with Crippen molar-refractivity contribution in [3.63, 3.8) is 0 Å². The van der Waals surface area contributed by atoms with Crippen molar-refractivity contribution in [1.29, 1.82) is 0 Å². The summed E-state index contributed by atoms with van der Waals surface area (Å²) in [4.78, 5) is 11.7. The highest BCUT2D eigenvalue weighted by molar-refractivity contribution is 5.67. The molecule has 0 radical (unpaired) electrons. The molecule has 0 aliphatic heterocycles. The Morgan fingerprint density at radius 1 is 1.19 bits per heavy atom. The predicted molar refractivity (Wildman–Crippen MR) is 109 cm³/mol. The number of esters is 1. The first-order valence-corrected chi connectivity index (χ1v) is 11.1. The Balaban J connectivity index is 1.87. The molecule has 3 rings (SSSR count). The molecule has 3 aliphatic carbocycles. The van der Waals surface area contributed by atoms with Crippen molar-refractivity contribution in [2.45, 2.75) is 98.5 Å². The van der Waals surface area contributed by atoms with Crippen molar-refractivity contribution in [3.8, 4) is 0 Å². The molecule has 0 aromatic carbocycles. The molecule has 0 bridgehead atoms. The van der Waals surface area contributed by atoms with Crippen molar-refractivity contribution in [2.24, 2.45) is 23.2 Å². The Morgan fingerprint density at radius 2 is 1.89 bits per heavy atom. The summed E-state index contributed by atoms with van der Waals surface area (Å²) in [5.74, 6) is 3.28. The smallest absolute Gasteiger partial charge is 0.307 e. The van der Waals surface area contributed by atoms with Gasteiger partial charge in [-0.1, -0.05) is 34.1 Å². The second-order valence-electron chi connectivity index (χ2n) is 9.62. The summed E-state index contributed by atoms with van der Waals surface area (Å²) in [6.07, 6.45) is 13.3. The zero-order chi connectivity index (χ0) is 19.6. The van der Waals surface area contributed by atoms with Crippen LogP contribution in [0.3, 0.4) is 0 Å². The summed E-state index contributed by atoms with van der Waals surface area (Å²) in [5.41, 5.74) is 1.51. The number of carbonyl (C=O) groups excluding carboxylic acids is 1. The van der Waals surface area contributed by atoms with Crippen LogP contribution in [0.1, 0.15) is 92.4 Å². The largest absolute Gasteiger partial charge is 0.494 e. The van der Waals surface area contributed by atoms with Crippen molar-refractivity contribution in [2.75, 3.05) is 0 Å². The molecule has 0 aromatic rings. The minimum Gasteiger partial charge on any atom is -0.494 e. The van der Waals surface area contributed by atoms with Crippen LogP contribution >= 0.6 is 0 Å². The highest BCUT2D eigenvalue weighted by Gasteiger charge is 2.54. The topological polar surface area (TPSA) is 35.5 Å². The quantitative estimate of drug-likeness (QED) is 0.375. The molecule has 0 N–H and O–H groups in total. The average molecular weight is 375 g/mol. The Labute approximate surface area is 165 Å². The van der Waals surface area contributed by atoms with Gasteiger partial charge in [0.25, 0.3) is 0 Å². The minimum atomic E-state index is -0.194. The molecule has 3 nitrogen and oxygen atoms in total. The molecular formula is C24H38O3. The number of hydrogen-bond acceptors (Lipinski definition) is 3. The molecular weight excluding hydrogens is 336 g/mol. The zero-order valence-corrected chi connectivity index (χ0v) is 18.0. The summed E-state index contributed by atoms with van der Waals surface area (Å²) in [7, 11) is 0. The molecule has 0 amide bonds. The number of ether oxygens (including phenoxy) is 2. The van der Waals surface area contributed by atoms with Gasteiger partial charge in [-0.15, -0.1) is 0 Å². The minimum absolute atomic E-state index is 0.178. The van der Waals surface area contributed by atoms with Crippen molar-refractivity contribution >= 4 is 5.97 Å². The Kier molecular flexibility index (Phi) is 6.38. The second kappa shape index (κ2) is 8.41. The van der Waals surface area contributed by atoms with Crippen molar-refractivity contribution in [1.82, 2.24) is 0 Å². The van der Waals surface area contributed by atoms with Crippen molar-refractivity contribution < 1.29 is 14.3 Å². The van der Waals surface area contributed by atoms with Gasteiger partial charge in [-0.25, -0.2) is 0 Å². The van der Waals surface area contributed by atoms with E-state index in [2.05, 4.69) is 33.8 Å². The average Bonchev–Trinajstić information content (AvgIpc) is 2.79. The first kappa shape index (κ1) is 20.5. The number of carbonyl (C=O) groups is 1. The second-order valence-corrected chi connectivity index (χ2v) is 9.62. The lowest BCUT2D eigenvalue weighted by atomic mass is 9.58. The molecule has 0 spiro atoms. The van der Waals surface area contributed by atoms with Gasteiger partial charge >= 0.3 is 5.97 Å². The third kappa shape index (κ3) is 4.43. The fraction of sp³-hybridized carbons (Fsp3) is 0.792. The molecule has 152 valence electrons. The van der Waals surface area contributed by atoms with Crippen LogP contribution in [0.25, 0.3) is 0 Å².